The van der Waals surface area contributed by atoms with Crippen molar-refractivity contribution < 1.29 is 14.3 Å². The third-order valence-corrected chi connectivity index (χ3v) is 1.91. The summed E-state index contributed by atoms with van der Waals surface area (Å²) in [7, 11) is 0. The van der Waals surface area contributed by atoms with Gasteiger partial charge in [-0.25, -0.2) is 0 Å². The molecule has 0 atom stereocenters. The fourth-order valence-corrected chi connectivity index (χ4v) is 0.988. The van der Waals surface area contributed by atoms with Crippen LogP contribution in [-0.4, -0.2) is 32.2 Å². The zero-order valence-electron chi connectivity index (χ0n) is 9.62. The lowest BCUT2D eigenvalue weighted by molar-refractivity contribution is -0.122. The van der Waals surface area contributed by atoms with Crippen LogP contribution in [0.15, 0.2) is 0 Å². The lowest BCUT2D eigenvalue weighted by Gasteiger charge is -2.05. The molecular formula is C12H20O3. The number of carbonyl (C=O) groups is 1. The minimum Gasteiger partial charge on any atom is -0.379 e. The van der Waals surface area contributed by atoms with E-state index in [2.05, 4.69) is 5.92 Å². The maximum absolute atomic E-state index is 11.2. The van der Waals surface area contributed by atoms with Gasteiger partial charge in [-0.1, -0.05) is 19.8 Å². The van der Waals surface area contributed by atoms with Gasteiger partial charge in [-0.2, -0.15) is 0 Å². The molecule has 0 amide bonds. The summed E-state index contributed by atoms with van der Waals surface area (Å²) >= 11 is 0. The van der Waals surface area contributed by atoms with Gasteiger partial charge in [0.2, 0.25) is 0 Å². The SMILES string of the molecule is C#CCOCCOCCCC(=O)C(C)C. The molecule has 0 spiro atoms. The molecule has 0 fully saturated rings. The lowest BCUT2D eigenvalue weighted by atomic mass is 10.1. The van der Waals surface area contributed by atoms with Crippen LogP contribution < -0.4 is 0 Å². The number of carbonyl (C=O) groups excluding carboxylic acids is 1. The summed E-state index contributed by atoms with van der Waals surface area (Å²) < 4.78 is 10.3. The molecule has 0 aliphatic rings. The molecule has 0 unspecified atom stereocenters. The first-order chi connectivity index (χ1) is 7.18. The van der Waals surface area contributed by atoms with E-state index in [-0.39, 0.29) is 5.92 Å². The minimum atomic E-state index is 0.129. The third-order valence-electron chi connectivity index (χ3n) is 1.91. The first-order valence-electron chi connectivity index (χ1n) is 5.30. The summed E-state index contributed by atoms with van der Waals surface area (Å²) in [5.41, 5.74) is 0. The van der Waals surface area contributed by atoms with Crippen molar-refractivity contribution in [3.63, 3.8) is 0 Å². The molecule has 0 bridgehead atoms. The molecule has 0 aromatic rings. The van der Waals surface area contributed by atoms with E-state index in [1.54, 1.807) is 0 Å². The standard InChI is InChI=1S/C12H20O3/c1-4-7-14-9-10-15-8-5-6-12(13)11(2)3/h1,11H,5-10H2,2-3H3. The number of terminal acetylenes is 1. The van der Waals surface area contributed by atoms with Crippen LogP contribution in [0.1, 0.15) is 26.7 Å². The Labute approximate surface area is 92.1 Å². The summed E-state index contributed by atoms with van der Waals surface area (Å²) in [4.78, 5) is 11.2. The summed E-state index contributed by atoms with van der Waals surface area (Å²) in [6.07, 6.45) is 6.38. The van der Waals surface area contributed by atoms with Crippen LogP contribution in [0, 0.1) is 18.3 Å². The molecule has 0 aromatic carbocycles. The van der Waals surface area contributed by atoms with Crippen molar-refractivity contribution in [1.82, 2.24) is 0 Å². The largest absolute Gasteiger partial charge is 0.379 e. The highest BCUT2D eigenvalue weighted by Crippen LogP contribution is 2.01. The molecule has 0 rings (SSSR count). The Morgan fingerprint density at radius 3 is 2.53 bits per heavy atom. The maximum atomic E-state index is 11.2. The second-order valence-corrected chi connectivity index (χ2v) is 3.59. The van der Waals surface area contributed by atoms with Gasteiger partial charge in [0.1, 0.15) is 12.4 Å². The van der Waals surface area contributed by atoms with Gasteiger partial charge in [0.05, 0.1) is 13.2 Å². The fourth-order valence-electron chi connectivity index (χ4n) is 0.988. The van der Waals surface area contributed by atoms with Gasteiger partial charge in [0, 0.05) is 18.9 Å². The Hall–Kier alpha value is -0.850. The number of hydrogen-bond acceptors (Lipinski definition) is 3. The van der Waals surface area contributed by atoms with Crippen molar-refractivity contribution >= 4 is 5.78 Å². The number of hydrogen-bond donors (Lipinski definition) is 0. The Balaban J connectivity index is 3.12. The molecule has 15 heavy (non-hydrogen) atoms. The molecule has 86 valence electrons. The second kappa shape index (κ2) is 9.70. The molecule has 0 saturated heterocycles. The summed E-state index contributed by atoms with van der Waals surface area (Å²) in [5.74, 6) is 2.80. The molecular weight excluding hydrogens is 192 g/mol. The van der Waals surface area contributed by atoms with E-state index >= 15 is 0 Å². The van der Waals surface area contributed by atoms with Crippen molar-refractivity contribution in [2.45, 2.75) is 26.7 Å². The number of ether oxygens (including phenoxy) is 2. The monoisotopic (exact) mass is 212 g/mol. The molecule has 0 saturated carbocycles. The van der Waals surface area contributed by atoms with Crippen LogP contribution in [0.25, 0.3) is 0 Å². The highest BCUT2D eigenvalue weighted by molar-refractivity contribution is 5.80. The quantitative estimate of drug-likeness (QED) is 0.431. The van der Waals surface area contributed by atoms with Crippen LogP contribution >= 0.6 is 0 Å². The number of ketones is 1. The smallest absolute Gasteiger partial charge is 0.135 e. The predicted molar refractivity (Wildman–Crippen MR) is 59.6 cm³/mol. The van der Waals surface area contributed by atoms with Crippen LogP contribution in [0.2, 0.25) is 0 Å². The third kappa shape index (κ3) is 9.45. The highest BCUT2D eigenvalue weighted by atomic mass is 16.5. The van der Waals surface area contributed by atoms with E-state index in [0.29, 0.717) is 38.6 Å². The van der Waals surface area contributed by atoms with Gasteiger partial charge in [0.25, 0.3) is 0 Å². The highest BCUT2D eigenvalue weighted by Gasteiger charge is 2.05. The molecule has 0 aliphatic carbocycles. The molecule has 3 heteroatoms. The van der Waals surface area contributed by atoms with E-state index in [4.69, 9.17) is 15.9 Å². The van der Waals surface area contributed by atoms with Crippen molar-refractivity contribution in [2.75, 3.05) is 26.4 Å². The van der Waals surface area contributed by atoms with Crippen LogP contribution in [0.3, 0.4) is 0 Å². The Bertz CT molecular complexity index is 203. The normalized spacial score (nSPS) is 10.3. The molecule has 0 heterocycles. The van der Waals surface area contributed by atoms with Gasteiger partial charge in [-0.15, -0.1) is 6.42 Å². The van der Waals surface area contributed by atoms with Crippen molar-refractivity contribution in [2.24, 2.45) is 5.92 Å². The molecule has 0 aromatic heterocycles. The van der Waals surface area contributed by atoms with Crippen LogP contribution in [-0.2, 0) is 14.3 Å². The zero-order chi connectivity index (χ0) is 11.5. The number of rotatable bonds is 9. The van der Waals surface area contributed by atoms with Gasteiger partial charge < -0.3 is 9.47 Å². The Morgan fingerprint density at radius 2 is 1.93 bits per heavy atom. The van der Waals surface area contributed by atoms with Gasteiger partial charge in [-0.3, -0.25) is 4.79 Å². The van der Waals surface area contributed by atoms with Crippen molar-refractivity contribution in [3.05, 3.63) is 0 Å². The van der Waals surface area contributed by atoms with Gasteiger partial charge in [0.15, 0.2) is 0 Å². The number of Topliss-reactive ketones (excluding diaryl/α,β-unsaturated/α-hetero) is 1. The zero-order valence-corrected chi connectivity index (χ0v) is 9.62. The van der Waals surface area contributed by atoms with Crippen molar-refractivity contribution in [1.29, 1.82) is 0 Å². The van der Waals surface area contributed by atoms with E-state index < -0.39 is 0 Å². The van der Waals surface area contributed by atoms with E-state index in [0.717, 1.165) is 6.42 Å². The summed E-state index contributed by atoms with van der Waals surface area (Å²) in [5, 5.41) is 0. The molecule has 3 nitrogen and oxygen atoms in total. The van der Waals surface area contributed by atoms with E-state index in [1.807, 2.05) is 13.8 Å². The molecule has 0 N–H and O–H groups in total. The summed E-state index contributed by atoms with van der Waals surface area (Å²) in [6, 6.07) is 0. The lowest BCUT2D eigenvalue weighted by Crippen LogP contribution is -2.09. The average Bonchev–Trinajstić information content (AvgIpc) is 2.21. The van der Waals surface area contributed by atoms with Crippen molar-refractivity contribution in [3.8, 4) is 12.3 Å². The molecule has 0 radical (unpaired) electrons. The first kappa shape index (κ1) is 14.2. The second-order valence-electron chi connectivity index (χ2n) is 3.59. The van der Waals surface area contributed by atoms with Crippen LogP contribution in [0.5, 0.6) is 0 Å². The average molecular weight is 212 g/mol. The van der Waals surface area contributed by atoms with Gasteiger partial charge >= 0.3 is 0 Å². The predicted octanol–water partition coefficient (Wildman–Crippen LogP) is 1.66. The Kier molecular flexibility index (Phi) is 9.15. The topological polar surface area (TPSA) is 35.5 Å². The van der Waals surface area contributed by atoms with Crippen LogP contribution in [0.4, 0.5) is 0 Å². The maximum Gasteiger partial charge on any atom is 0.135 e. The summed E-state index contributed by atoms with van der Waals surface area (Å²) in [6.45, 7) is 5.82. The molecule has 0 aliphatic heterocycles. The minimum absolute atomic E-state index is 0.129. The Morgan fingerprint density at radius 1 is 1.27 bits per heavy atom. The van der Waals surface area contributed by atoms with Gasteiger partial charge in [-0.05, 0) is 6.42 Å². The van der Waals surface area contributed by atoms with E-state index in [1.165, 1.54) is 0 Å². The first-order valence-corrected chi connectivity index (χ1v) is 5.30. The fraction of sp³-hybridized carbons (Fsp3) is 0.750. The van der Waals surface area contributed by atoms with E-state index in [9.17, 15) is 4.79 Å².